The fourth-order valence-electron chi connectivity index (χ4n) is 3.04. The number of carbonyl (C=O) groups excluding carboxylic acids is 1. The third kappa shape index (κ3) is 4.74. The monoisotopic (exact) mass is 290 g/mol. The van der Waals surface area contributed by atoms with Crippen LogP contribution in [0, 0.1) is 5.92 Å². The average molecular weight is 290 g/mol. The normalized spacial score (nSPS) is 17.2. The lowest BCUT2D eigenvalue weighted by atomic mass is 9.84. The predicted molar refractivity (Wildman–Crippen MR) is 85.5 cm³/mol. The molecule has 1 aromatic rings. The predicted octanol–water partition coefficient (Wildman–Crippen LogP) is 2.79. The van der Waals surface area contributed by atoms with Gasteiger partial charge in [0.2, 0.25) is 0 Å². The minimum absolute atomic E-state index is 0.0393. The van der Waals surface area contributed by atoms with Crippen molar-refractivity contribution in [1.82, 2.24) is 5.32 Å². The summed E-state index contributed by atoms with van der Waals surface area (Å²) in [6.07, 6.45) is 6.63. The summed E-state index contributed by atoms with van der Waals surface area (Å²) >= 11 is 0. The van der Waals surface area contributed by atoms with Crippen LogP contribution in [0.25, 0.3) is 0 Å². The number of hydrogen-bond acceptors (Lipinski definition) is 3. The Morgan fingerprint density at radius 3 is 2.81 bits per heavy atom. The highest BCUT2D eigenvalue weighted by molar-refractivity contribution is 5.95. The van der Waals surface area contributed by atoms with Gasteiger partial charge in [-0.2, -0.15) is 0 Å². The van der Waals surface area contributed by atoms with Crippen LogP contribution in [0.1, 0.15) is 49.4 Å². The zero-order chi connectivity index (χ0) is 15.1. The lowest BCUT2D eigenvalue weighted by molar-refractivity contribution is 0.0945. The number of amides is 1. The van der Waals surface area contributed by atoms with Crippen molar-refractivity contribution in [1.29, 1.82) is 0 Å². The van der Waals surface area contributed by atoms with Gasteiger partial charge in [0.1, 0.15) is 0 Å². The van der Waals surface area contributed by atoms with Crippen molar-refractivity contribution in [3.63, 3.8) is 0 Å². The molecule has 4 heteroatoms. The smallest absolute Gasteiger partial charge is 0.251 e. The zero-order valence-electron chi connectivity index (χ0n) is 12.8. The number of benzene rings is 1. The van der Waals surface area contributed by atoms with Gasteiger partial charge in [0.25, 0.3) is 5.91 Å². The van der Waals surface area contributed by atoms with Crippen LogP contribution in [0.2, 0.25) is 0 Å². The minimum atomic E-state index is -0.141. The van der Waals surface area contributed by atoms with E-state index in [4.69, 9.17) is 5.11 Å². The lowest BCUT2D eigenvalue weighted by Gasteiger charge is -2.29. The van der Waals surface area contributed by atoms with Gasteiger partial charge in [-0.1, -0.05) is 25.3 Å². The topological polar surface area (TPSA) is 61.4 Å². The number of nitrogens with one attached hydrogen (secondary N) is 2. The number of rotatable bonds is 6. The van der Waals surface area contributed by atoms with Crippen LogP contribution in [0.15, 0.2) is 24.3 Å². The van der Waals surface area contributed by atoms with Gasteiger partial charge < -0.3 is 15.7 Å². The first-order valence-corrected chi connectivity index (χ1v) is 7.96. The van der Waals surface area contributed by atoms with E-state index in [1.807, 2.05) is 18.2 Å². The Labute approximate surface area is 126 Å². The summed E-state index contributed by atoms with van der Waals surface area (Å²) in [6, 6.07) is 8.00. The third-order valence-corrected chi connectivity index (χ3v) is 4.27. The second-order valence-electron chi connectivity index (χ2n) is 5.89. The van der Waals surface area contributed by atoms with E-state index in [0.29, 0.717) is 11.6 Å². The molecule has 0 aromatic heterocycles. The minimum Gasteiger partial charge on any atom is -0.395 e. The molecular weight excluding hydrogens is 264 g/mol. The summed E-state index contributed by atoms with van der Waals surface area (Å²) in [5, 5.41) is 15.0. The van der Waals surface area contributed by atoms with E-state index in [1.54, 1.807) is 6.07 Å². The van der Waals surface area contributed by atoms with Gasteiger partial charge in [0.15, 0.2) is 0 Å². The van der Waals surface area contributed by atoms with Crippen molar-refractivity contribution in [3.8, 4) is 0 Å². The number of carbonyl (C=O) groups is 1. The largest absolute Gasteiger partial charge is 0.395 e. The van der Waals surface area contributed by atoms with Crippen molar-refractivity contribution in [2.45, 2.75) is 45.1 Å². The van der Waals surface area contributed by atoms with Gasteiger partial charge in [-0.25, -0.2) is 0 Å². The van der Waals surface area contributed by atoms with E-state index in [0.717, 1.165) is 11.6 Å². The summed E-state index contributed by atoms with van der Waals surface area (Å²) in [4.78, 5) is 11.9. The Kier molecular flexibility index (Phi) is 6.05. The highest BCUT2D eigenvalue weighted by Crippen LogP contribution is 2.28. The molecule has 0 saturated heterocycles. The second kappa shape index (κ2) is 8.03. The first kappa shape index (κ1) is 15.8. The summed E-state index contributed by atoms with van der Waals surface area (Å²) in [7, 11) is 0. The SMILES string of the molecule is CC(Nc1cccc(C(=O)NCCO)c1)C1CCCCC1. The molecule has 21 heavy (non-hydrogen) atoms. The third-order valence-electron chi connectivity index (χ3n) is 4.27. The van der Waals surface area contributed by atoms with E-state index in [9.17, 15) is 4.79 Å². The highest BCUT2D eigenvalue weighted by atomic mass is 16.3. The van der Waals surface area contributed by atoms with Crippen molar-refractivity contribution in [2.75, 3.05) is 18.5 Å². The van der Waals surface area contributed by atoms with E-state index in [2.05, 4.69) is 17.6 Å². The molecule has 1 saturated carbocycles. The Balaban J connectivity index is 1.95. The Bertz CT molecular complexity index is 456. The maximum absolute atomic E-state index is 11.9. The highest BCUT2D eigenvalue weighted by Gasteiger charge is 2.20. The molecule has 2 rings (SSSR count). The van der Waals surface area contributed by atoms with Gasteiger partial charge in [0, 0.05) is 23.8 Å². The molecule has 0 bridgehead atoms. The maximum Gasteiger partial charge on any atom is 0.251 e. The Morgan fingerprint density at radius 2 is 2.10 bits per heavy atom. The fraction of sp³-hybridized carbons (Fsp3) is 0.588. The molecule has 1 aliphatic carbocycles. The molecule has 116 valence electrons. The molecule has 1 aromatic carbocycles. The first-order valence-electron chi connectivity index (χ1n) is 7.96. The Hall–Kier alpha value is -1.55. The maximum atomic E-state index is 11.9. The van der Waals surface area contributed by atoms with Crippen LogP contribution in [0.5, 0.6) is 0 Å². The van der Waals surface area contributed by atoms with Crippen LogP contribution >= 0.6 is 0 Å². The summed E-state index contributed by atoms with van der Waals surface area (Å²) < 4.78 is 0. The summed E-state index contributed by atoms with van der Waals surface area (Å²) in [5.41, 5.74) is 1.62. The number of hydrogen-bond donors (Lipinski definition) is 3. The molecule has 0 radical (unpaired) electrons. The fourth-order valence-corrected chi connectivity index (χ4v) is 3.04. The zero-order valence-corrected chi connectivity index (χ0v) is 12.8. The molecule has 1 aliphatic rings. The van der Waals surface area contributed by atoms with Gasteiger partial charge in [-0.05, 0) is 43.9 Å². The van der Waals surface area contributed by atoms with Crippen molar-refractivity contribution >= 4 is 11.6 Å². The van der Waals surface area contributed by atoms with Gasteiger partial charge >= 0.3 is 0 Å². The molecule has 3 N–H and O–H groups in total. The number of aliphatic hydroxyl groups excluding tert-OH is 1. The molecule has 1 fully saturated rings. The average Bonchev–Trinajstić information content (AvgIpc) is 2.53. The first-order chi connectivity index (χ1) is 10.2. The molecule has 1 unspecified atom stereocenters. The molecule has 0 spiro atoms. The van der Waals surface area contributed by atoms with Gasteiger partial charge in [-0.3, -0.25) is 4.79 Å². The van der Waals surface area contributed by atoms with E-state index >= 15 is 0 Å². The summed E-state index contributed by atoms with van der Waals surface area (Å²) in [6.45, 7) is 2.48. The molecule has 1 amide bonds. The molecule has 4 nitrogen and oxygen atoms in total. The van der Waals surface area contributed by atoms with E-state index in [1.165, 1.54) is 32.1 Å². The van der Waals surface area contributed by atoms with Crippen molar-refractivity contribution in [3.05, 3.63) is 29.8 Å². The molecule has 1 atom stereocenters. The van der Waals surface area contributed by atoms with Crippen LogP contribution in [-0.4, -0.2) is 30.2 Å². The van der Waals surface area contributed by atoms with Crippen molar-refractivity contribution in [2.24, 2.45) is 5.92 Å². The molecule has 0 aliphatic heterocycles. The van der Waals surface area contributed by atoms with Crippen LogP contribution < -0.4 is 10.6 Å². The van der Waals surface area contributed by atoms with E-state index in [-0.39, 0.29) is 19.1 Å². The van der Waals surface area contributed by atoms with Gasteiger partial charge in [0.05, 0.1) is 6.61 Å². The van der Waals surface area contributed by atoms with E-state index < -0.39 is 0 Å². The van der Waals surface area contributed by atoms with Crippen LogP contribution in [-0.2, 0) is 0 Å². The Morgan fingerprint density at radius 1 is 1.33 bits per heavy atom. The number of anilines is 1. The summed E-state index contributed by atoms with van der Waals surface area (Å²) in [5.74, 6) is 0.587. The standard InChI is InChI=1S/C17H26N2O2/c1-13(14-6-3-2-4-7-14)19-16-9-5-8-15(12-16)17(21)18-10-11-20/h5,8-9,12-14,19-20H,2-4,6-7,10-11H2,1H3,(H,18,21). The van der Waals surface area contributed by atoms with Crippen LogP contribution in [0.3, 0.4) is 0 Å². The van der Waals surface area contributed by atoms with Crippen LogP contribution in [0.4, 0.5) is 5.69 Å². The second-order valence-corrected chi connectivity index (χ2v) is 5.89. The van der Waals surface area contributed by atoms with Gasteiger partial charge in [-0.15, -0.1) is 0 Å². The number of aliphatic hydroxyl groups is 1. The molecular formula is C17H26N2O2. The quantitative estimate of drug-likeness (QED) is 0.755. The lowest BCUT2D eigenvalue weighted by Crippen LogP contribution is -2.28. The van der Waals surface area contributed by atoms with Crippen molar-refractivity contribution < 1.29 is 9.90 Å². The molecule has 0 heterocycles.